The Bertz CT molecular complexity index is 1260. The average molecular weight is 427 g/mol. The number of aromatic nitrogens is 2. The SMILES string of the molecule is CN(Cc1ccc2c(c1)nc(CNc1ccc(C(=N)N)cc1)n2C)C(=O)c1ccccc1. The van der Waals surface area contributed by atoms with Crippen LogP contribution in [-0.2, 0) is 20.1 Å². The summed E-state index contributed by atoms with van der Waals surface area (Å²) in [6.07, 6.45) is 0. The van der Waals surface area contributed by atoms with Crippen LogP contribution in [0.1, 0.15) is 27.3 Å². The van der Waals surface area contributed by atoms with Crippen molar-refractivity contribution in [1.82, 2.24) is 14.5 Å². The highest BCUT2D eigenvalue weighted by Crippen LogP contribution is 2.19. The fourth-order valence-electron chi connectivity index (χ4n) is 3.65. The maximum Gasteiger partial charge on any atom is 0.253 e. The quantitative estimate of drug-likeness (QED) is 0.310. The molecule has 4 aromatic rings. The van der Waals surface area contributed by atoms with Crippen LogP contribution in [0.3, 0.4) is 0 Å². The van der Waals surface area contributed by atoms with Crippen molar-refractivity contribution in [2.45, 2.75) is 13.1 Å². The van der Waals surface area contributed by atoms with E-state index >= 15 is 0 Å². The summed E-state index contributed by atoms with van der Waals surface area (Å²) in [5, 5.41) is 10.8. The Hall–Kier alpha value is -4.13. The summed E-state index contributed by atoms with van der Waals surface area (Å²) in [5.74, 6) is 0.952. The Balaban J connectivity index is 1.46. The number of nitrogens with zero attached hydrogens (tertiary/aromatic N) is 3. The van der Waals surface area contributed by atoms with Gasteiger partial charge in [-0.1, -0.05) is 24.3 Å². The van der Waals surface area contributed by atoms with Crippen LogP contribution in [0.4, 0.5) is 5.69 Å². The average Bonchev–Trinajstić information content (AvgIpc) is 3.12. The lowest BCUT2D eigenvalue weighted by Crippen LogP contribution is -2.26. The number of carbonyl (C=O) groups excluding carboxylic acids is 1. The van der Waals surface area contributed by atoms with Gasteiger partial charge in [0.15, 0.2) is 0 Å². The van der Waals surface area contributed by atoms with E-state index in [1.165, 1.54) is 0 Å². The molecule has 0 unspecified atom stereocenters. The number of hydrogen-bond acceptors (Lipinski definition) is 4. The first-order valence-electron chi connectivity index (χ1n) is 10.4. The Morgan fingerprint density at radius 1 is 1.06 bits per heavy atom. The van der Waals surface area contributed by atoms with Crippen LogP contribution >= 0.6 is 0 Å². The zero-order valence-corrected chi connectivity index (χ0v) is 18.2. The van der Waals surface area contributed by atoms with E-state index < -0.39 is 0 Å². The molecule has 7 nitrogen and oxygen atoms in total. The highest BCUT2D eigenvalue weighted by atomic mass is 16.2. The second-order valence-corrected chi connectivity index (χ2v) is 7.78. The first-order chi connectivity index (χ1) is 15.4. The van der Waals surface area contributed by atoms with Crippen molar-refractivity contribution in [3.8, 4) is 0 Å². The number of hydrogen-bond donors (Lipinski definition) is 3. The number of anilines is 1. The predicted octanol–water partition coefficient (Wildman–Crippen LogP) is 3.74. The summed E-state index contributed by atoms with van der Waals surface area (Å²) < 4.78 is 2.06. The summed E-state index contributed by atoms with van der Waals surface area (Å²) in [4.78, 5) is 19.1. The molecule has 0 saturated carbocycles. The molecule has 162 valence electrons. The third-order valence-electron chi connectivity index (χ3n) is 5.47. The van der Waals surface area contributed by atoms with Crippen LogP contribution in [0, 0.1) is 5.41 Å². The van der Waals surface area contributed by atoms with Crippen LogP contribution < -0.4 is 11.1 Å². The van der Waals surface area contributed by atoms with Gasteiger partial charge in [-0.2, -0.15) is 0 Å². The molecule has 0 aliphatic rings. The Labute approximate surface area is 187 Å². The van der Waals surface area contributed by atoms with Crippen LogP contribution in [0.2, 0.25) is 0 Å². The lowest BCUT2D eigenvalue weighted by Gasteiger charge is -2.17. The van der Waals surface area contributed by atoms with Gasteiger partial charge in [0.05, 0.1) is 17.6 Å². The molecule has 0 fully saturated rings. The molecule has 7 heteroatoms. The topological polar surface area (TPSA) is 100 Å². The molecule has 0 spiro atoms. The van der Waals surface area contributed by atoms with Crippen LogP contribution in [0.15, 0.2) is 72.8 Å². The van der Waals surface area contributed by atoms with E-state index in [2.05, 4.69) is 9.88 Å². The number of imidazole rings is 1. The van der Waals surface area contributed by atoms with Crippen molar-refractivity contribution in [3.05, 3.63) is 95.3 Å². The number of aryl methyl sites for hydroxylation is 1. The van der Waals surface area contributed by atoms with Crippen molar-refractivity contribution in [1.29, 1.82) is 5.41 Å². The maximum absolute atomic E-state index is 12.6. The van der Waals surface area contributed by atoms with E-state index in [1.807, 2.05) is 86.9 Å². The third kappa shape index (κ3) is 4.46. The van der Waals surface area contributed by atoms with Crippen molar-refractivity contribution < 1.29 is 4.79 Å². The Morgan fingerprint density at radius 2 is 1.78 bits per heavy atom. The number of carbonyl (C=O) groups is 1. The van der Waals surface area contributed by atoms with Gasteiger partial charge >= 0.3 is 0 Å². The van der Waals surface area contributed by atoms with Gasteiger partial charge in [-0.05, 0) is 54.1 Å². The molecule has 32 heavy (non-hydrogen) atoms. The largest absolute Gasteiger partial charge is 0.384 e. The molecule has 1 amide bonds. The fourth-order valence-corrected chi connectivity index (χ4v) is 3.65. The first kappa shape index (κ1) is 21.1. The molecule has 0 aliphatic carbocycles. The number of nitrogens with one attached hydrogen (secondary N) is 2. The lowest BCUT2D eigenvalue weighted by atomic mass is 10.1. The minimum Gasteiger partial charge on any atom is -0.384 e. The molecule has 0 radical (unpaired) electrons. The molecule has 0 aliphatic heterocycles. The lowest BCUT2D eigenvalue weighted by molar-refractivity contribution is 0.0785. The second-order valence-electron chi connectivity index (χ2n) is 7.78. The monoisotopic (exact) mass is 426 g/mol. The standard InChI is InChI=1S/C25H26N6O/c1-30(25(32)19-6-4-3-5-7-19)16-17-8-13-22-21(14-17)29-23(31(22)2)15-28-20-11-9-18(10-12-20)24(26)27/h3-14,28H,15-16H2,1-2H3,(H3,26,27). The van der Waals surface area contributed by atoms with Gasteiger partial charge in [-0.15, -0.1) is 0 Å². The summed E-state index contributed by atoms with van der Waals surface area (Å²) in [6, 6.07) is 22.9. The van der Waals surface area contributed by atoms with Crippen molar-refractivity contribution in [2.24, 2.45) is 12.8 Å². The van der Waals surface area contributed by atoms with Crippen LogP contribution in [-0.4, -0.2) is 33.2 Å². The molecule has 1 aromatic heterocycles. The van der Waals surface area contributed by atoms with Gasteiger partial charge in [-0.3, -0.25) is 10.2 Å². The Morgan fingerprint density at radius 3 is 2.47 bits per heavy atom. The first-order valence-corrected chi connectivity index (χ1v) is 10.4. The van der Waals surface area contributed by atoms with Gasteiger partial charge in [0, 0.05) is 37.5 Å². The fraction of sp³-hybridized carbons (Fsp3) is 0.160. The molecule has 0 bridgehead atoms. The zero-order chi connectivity index (χ0) is 22.7. The van der Waals surface area contributed by atoms with Crippen LogP contribution in [0.5, 0.6) is 0 Å². The molecule has 4 N–H and O–H groups in total. The summed E-state index contributed by atoms with van der Waals surface area (Å²) >= 11 is 0. The van der Waals surface area contributed by atoms with Gasteiger partial charge in [0.2, 0.25) is 0 Å². The van der Waals surface area contributed by atoms with Gasteiger partial charge in [0.25, 0.3) is 5.91 Å². The number of rotatable bonds is 7. The minimum absolute atomic E-state index is 0.00704. The number of benzene rings is 3. The van der Waals surface area contributed by atoms with E-state index in [9.17, 15) is 4.79 Å². The van der Waals surface area contributed by atoms with Gasteiger partial charge in [-0.25, -0.2) is 4.98 Å². The van der Waals surface area contributed by atoms with Gasteiger partial charge in [0.1, 0.15) is 11.7 Å². The smallest absolute Gasteiger partial charge is 0.253 e. The van der Waals surface area contributed by atoms with Crippen molar-refractivity contribution in [2.75, 3.05) is 12.4 Å². The molecular weight excluding hydrogens is 400 g/mol. The molecular formula is C25H26N6O. The van der Waals surface area contributed by atoms with Crippen molar-refractivity contribution in [3.63, 3.8) is 0 Å². The summed E-state index contributed by atoms with van der Waals surface area (Å²) in [7, 11) is 3.81. The summed E-state index contributed by atoms with van der Waals surface area (Å²) in [5.41, 5.74) is 10.8. The number of nitrogen functional groups attached to an aromatic ring is 1. The molecule has 0 saturated heterocycles. The van der Waals surface area contributed by atoms with E-state index in [1.54, 1.807) is 4.90 Å². The predicted molar refractivity (Wildman–Crippen MR) is 128 cm³/mol. The zero-order valence-electron chi connectivity index (χ0n) is 18.2. The van der Waals surface area contributed by atoms with E-state index in [0.717, 1.165) is 28.1 Å². The molecule has 0 atom stereocenters. The normalized spacial score (nSPS) is 10.8. The Kier molecular flexibility index (Phi) is 5.89. The van der Waals surface area contributed by atoms with Crippen molar-refractivity contribution >= 4 is 28.5 Å². The molecule has 3 aromatic carbocycles. The number of amidine groups is 1. The summed E-state index contributed by atoms with van der Waals surface area (Å²) in [6.45, 7) is 1.07. The maximum atomic E-state index is 12.6. The minimum atomic E-state index is -0.00704. The molecule has 1 heterocycles. The highest BCUT2D eigenvalue weighted by molar-refractivity contribution is 5.95. The highest BCUT2D eigenvalue weighted by Gasteiger charge is 2.13. The molecule has 4 rings (SSSR count). The number of amides is 1. The van der Waals surface area contributed by atoms with Gasteiger partial charge < -0.3 is 20.5 Å². The number of fused-ring (bicyclic) bond motifs is 1. The van der Waals surface area contributed by atoms with E-state index in [4.69, 9.17) is 16.1 Å². The van der Waals surface area contributed by atoms with Crippen LogP contribution in [0.25, 0.3) is 11.0 Å². The third-order valence-corrected chi connectivity index (χ3v) is 5.47. The number of nitrogens with two attached hydrogens (primary N) is 1. The van der Waals surface area contributed by atoms with E-state index in [-0.39, 0.29) is 11.7 Å². The second kappa shape index (κ2) is 8.93. The van der Waals surface area contributed by atoms with E-state index in [0.29, 0.717) is 24.2 Å².